The third-order valence-corrected chi connectivity index (χ3v) is 5.19. The zero-order chi connectivity index (χ0) is 18.8. The minimum atomic E-state index is 0. The molecule has 1 heterocycles. The van der Waals surface area contributed by atoms with E-state index >= 15 is 0 Å². The van der Waals surface area contributed by atoms with Crippen molar-refractivity contribution < 1.29 is 4.74 Å². The molecule has 1 aliphatic rings. The quantitative estimate of drug-likeness (QED) is 0.227. The minimum absolute atomic E-state index is 0. The van der Waals surface area contributed by atoms with Gasteiger partial charge >= 0.3 is 0 Å². The molecule has 156 valence electrons. The van der Waals surface area contributed by atoms with E-state index < -0.39 is 0 Å². The van der Waals surface area contributed by atoms with Crippen molar-refractivity contribution >= 4 is 29.9 Å². The molecule has 0 aromatic carbocycles. The fourth-order valence-electron chi connectivity index (χ4n) is 3.89. The van der Waals surface area contributed by atoms with Crippen molar-refractivity contribution in [2.45, 2.75) is 71.9 Å². The molecule has 1 saturated carbocycles. The maximum Gasteiger partial charge on any atom is 0.190 e. The summed E-state index contributed by atoms with van der Waals surface area (Å²) in [5, 5.41) is 11.3. The highest BCUT2D eigenvalue weighted by atomic mass is 127. The SMILES string of the molecule is CCOC(CCNC(=NC)NCCCn1nc(C)cc1C)C1CCCC1.I. The lowest BCUT2D eigenvalue weighted by Gasteiger charge is -2.24. The first kappa shape index (κ1) is 24.2. The van der Waals surface area contributed by atoms with Gasteiger partial charge in [-0.2, -0.15) is 5.10 Å². The molecular formula is C20H38IN5O. The van der Waals surface area contributed by atoms with Crippen molar-refractivity contribution in [1.29, 1.82) is 0 Å². The van der Waals surface area contributed by atoms with E-state index in [1.54, 1.807) is 0 Å². The van der Waals surface area contributed by atoms with E-state index in [0.717, 1.165) is 56.7 Å². The maximum atomic E-state index is 5.99. The fraction of sp³-hybridized carbons (Fsp3) is 0.800. The van der Waals surface area contributed by atoms with Crippen molar-refractivity contribution in [3.8, 4) is 0 Å². The topological polar surface area (TPSA) is 63.5 Å². The molecule has 0 saturated heterocycles. The van der Waals surface area contributed by atoms with Crippen molar-refractivity contribution in [2.75, 3.05) is 26.7 Å². The first-order chi connectivity index (χ1) is 12.6. The van der Waals surface area contributed by atoms with Crippen LogP contribution in [-0.2, 0) is 11.3 Å². The first-order valence-electron chi connectivity index (χ1n) is 10.2. The Bertz CT molecular complexity index is 555. The zero-order valence-electron chi connectivity index (χ0n) is 17.5. The van der Waals surface area contributed by atoms with Crippen molar-refractivity contribution in [3.05, 3.63) is 17.5 Å². The lowest BCUT2D eigenvalue weighted by Crippen LogP contribution is -2.40. The molecule has 1 unspecified atom stereocenters. The predicted molar refractivity (Wildman–Crippen MR) is 123 cm³/mol. The van der Waals surface area contributed by atoms with Gasteiger partial charge in [-0.05, 0) is 58.4 Å². The summed E-state index contributed by atoms with van der Waals surface area (Å²) < 4.78 is 8.06. The Morgan fingerprint density at radius 1 is 1.30 bits per heavy atom. The fourth-order valence-corrected chi connectivity index (χ4v) is 3.89. The van der Waals surface area contributed by atoms with Crippen LogP contribution in [0.3, 0.4) is 0 Å². The van der Waals surface area contributed by atoms with Crippen LogP contribution in [0.1, 0.15) is 56.8 Å². The van der Waals surface area contributed by atoms with Gasteiger partial charge in [0.05, 0.1) is 11.8 Å². The second kappa shape index (κ2) is 13.4. The van der Waals surface area contributed by atoms with Crippen LogP contribution in [0.5, 0.6) is 0 Å². The Morgan fingerprint density at radius 2 is 2.00 bits per heavy atom. The Balaban J connectivity index is 0.00000364. The normalized spacial score (nSPS) is 16.2. The smallest absolute Gasteiger partial charge is 0.190 e. The highest BCUT2D eigenvalue weighted by molar-refractivity contribution is 14.0. The average molecular weight is 491 g/mol. The molecule has 27 heavy (non-hydrogen) atoms. The Hall–Kier alpha value is -0.830. The number of aryl methyl sites for hydroxylation is 3. The molecule has 7 heteroatoms. The monoisotopic (exact) mass is 491 g/mol. The first-order valence-corrected chi connectivity index (χ1v) is 10.2. The number of nitrogens with zero attached hydrogens (tertiary/aromatic N) is 3. The van der Waals surface area contributed by atoms with Gasteiger partial charge in [0, 0.05) is 39.0 Å². The summed E-state index contributed by atoms with van der Waals surface area (Å²) >= 11 is 0. The van der Waals surface area contributed by atoms with Gasteiger partial charge in [0.15, 0.2) is 5.96 Å². The summed E-state index contributed by atoms with van der Waals surface area (Å²) in [7, 11) is 1.83. The number of rotatable bonds is 10. The molecule has 0 spiro atoms. The van der Waals surface area contributed by atoms with E-state index in [0.29, 0.717) is 6.10 Å². The standard InChI is InChI=1S/C20H37N5O.HI/c1-5-26-19(18-9-6-7-10-18)11-13-23-20(21-4)22-12-8-14-25-17(3)15-16(2)24-25;/h15,18-19H,5-14H2,1-4H3,(H2,21,22,23);1H. The molecule has 0 radical (unpaired) electrons. The molecular weight excluding hydrogens is 453 g/mol. The van der Waals surface area contributed by atoms with Crippen LogP contribution in [0.25, 0.3) is 0 Å². The predicted octanol–water partition coefficient (Wildman–Crippen LogP) is 3.66. The summed E-state index contributed by atoms with van der Waals surface area (Å²) in [6.07, 6.45) is 7.82. The molecule has 0 aliphatic heterocycles. The molecule has 2 rings (SSSR count). The molecule has 1 aliphatic carbocycles. The van der Waals surface area contributed by atoms with E-state index in [1.165, 1.54) is 31.4 Å². The van der Waals surface area contributed by atoms with Crippen LogP contribution >= 0.6 is 24.0 Å². The maximum absolute atomic E-state index is 5.99. The van der Waals surface area contributed by atoms with Crippen LogP contribution in [0, 0.1) is 19.8 Å². The van der Waals surface area contributed by atoms with Crippen molar-refractivity contribution in [3.63, 3.8) is 0 Å². The molecule has 1 atom stereocenters. The van der Waals surface area contributed by atoms with Gasteiger partial charge in [-0.1, -0.05) is 12.8 Å². The van der Waals surface area contributed by atoms with Crippen LogP contribution in [0.15, 0.2) is 11.1 Å². The number of hydrogen-bond donors (Lipinski definition) is 2. The van der Waals surface area contributed by atoms with Crippen LogP contribution in [-0.4, -0.2) is 48.6 Å². The zero-order valence-corrected chi connectivity index (χ0v) is 19.8. The Morgan fingerprint density at radius 3 is 2.59 bits per heavy atom. The van der Waals surface area contributed by atoms with Gasteiger partial charge in [0.25, 0.3) is 0 Å². The number of halogens is 1. The molecule has 1 fully saturated rings. The third kappa shape index (κ3) is 8.37. The molecule has 6 nitrogen and oxygen atoms in total. The van der Waals surface area contributed by atoms with E-state index in [1.807, 2.05) is 14.0 Å². The molecule has 1 aromatic heterocycles. The lowest BCUT2D eigenvalue weighted by molar-refractivity contribution is 0.0169. The largest absolute Gasteiger partial charge is 0.378 e. The highest BCUT2D eigenvalue weighted by Gasteiger charge is 2.25. The van der Waals surface area contributed by atoms with Crippen LogP contribution < -0.4 is 10.6 Å². The van der Waals surface area contributed by atoms with E-state index in [4.69, 9.17) is 4.74 Å². The van der Waals surface area contributed by atoms with E-state index in [2.05, 4.69) is 45.3 Å². The number of aliphatic imine (C=N–C) groups is 1. The van der Waals surface area contributed by atoms with Crippen molar-refractivity contribution in [2.24, 2.45) is 10.9 Å². The number of nitrogens with one attached hydrogen (secondary N) is 2. The van der Waals surface area contributed by atoms with Gasteiger partial charge in [-0.25, -0.2) is 0 Å². The average Bonchev–Trinajstić information content (AvgIpc) is 3.26. The highest BCUT2D eigenvalue weighted by Crippen LogP contribution is 2.30. The van der Waals surface area contributed by atoms with E-state index in [-0.39, 0.29) is 24.0 Å². The van der Waals surface area contributed by atoms with Crippen LogP contribution in [0.4, 0.5) is 0 Å². The van der Waals surface area contributed by atoms with Crippen LogP contribution in [0.2, 0.25) is 0 Å². The summed E-state index contributed by atoms with van der Waals surface area (Å²) in [5.74, 6) is 1.62. The van der Waals surface area contributed by atoms with Gasteiger partial charge in [0.2, 0.25) is 0 Å². The molecule has 0 bridgehead atoms. The second-order valence-electron chi connectivity index (χ2n) is 7.26. The molecule has 2 N–H and O–H groups in total. The summed E-state index contributed by atoms with van der Waals surface area (Å²) in [5.41, 5.74) is 2.30. The van der Waals surface area contributed by atoms with Gasteiger partial charge in [-0.3, -0.25) is 9.67 Å². The number of ether oxygens (including phenoxy) is 1. The number of hydrogen-bond acceptors (Lipinski definition) is 3. The van der Waals surface area contributed by atoms with Gasteiger partial charge in [0.1, 0.15) is 0 Å². The van der Waals surface area contributed by atoms with Crippen molar-refractivity contribution in [1.82, 2.24) is 20.4 Å². The summed E-state index contributed by atoms with van der Waals surface area (Å²) in [6, 6.07) is 2.12. The molecule has 1 aromatic rings. The second-order valence-corrected chi connectivity index (χ2v) is 7.26. The third-order valence-electron chi connectivity index (χ3n) is 5.19. The number of aromatic nitrogens is 2. The van der Waals surface area contributed by atoms with E-state index in [9.17, 15) is 0 Å². The minimum Gasteiger partial charge on any atom is -0.378 e. The summed E-state index contributed by atoms with van der Waals surface area (Å²) in [4.78, 5) is 4.33. The number of guanidine groups is 1. The van der Waals surface area contributed by atoms with Gasteiger partial charge in [-0.15, -0.1) is 24.0 Å². The Labute approximate surface area is 181 Å². The molecule has 0 amide bonds. The Kier molecular flexibility index (Phi) is 12.0. The lowest BCUT2D eigenvalue weighted by atomic mass is 9.98. The van der Waals surface area contributed by atoms with Gasteiger partial charge < -0.3 is 15.4 Å². The summed E-state index contributed by atoms with van der Waals surface area (Å²) in [6.45, 7) is 9.76.